The molecule has 0 bridgehead atoms. The van der Waals surface area contributed by atoms with E-state index in [9.17, 15) is 9.18 Å². The molecule has 1 heterocycles. The Bertz CT molecular complexity index is 937. The van der Waals surface area contributed by atoms with Crippen molar-refractivity contribution in [3.05, 3.63) is 77.7 Å². The van der Waals surface area contributed by atoms with Gasteiger partial charge < -0.3 is 14.3 Å². The Hall–Kier alpha value is -2.99. The fourth-order valence-corrected chi connectivity index (χ4v) is 3.57. The molecule has 1 amide bonds. The van der Waals surface area contributed by atoms with Gasteiger partial charge in [-0.1, -0.05) is 49.3 Å². The van der Waals surface area contributed by atoms with Gasteiger partial charge in [0.25, 0.3) is 0 Å². The molecule has 31 heavy (non-hydrogen) atoms. The summed E-state index contributed by atoms with van der Waals surface area (Å²) in [7, 11) is 0. The summed E-state index contributed by atoms with van der Waals surface area (Å²) in [5, 5.41) is 3.89. The zero-order valence-electron chi connectivity index (χ0n) is 18.3. The summed E-state index contributed by atoms with van der Waals surface area (Å²) in [5.74, 6) is 0.387. The van der Waals surface area contributed by atoms with E-state index < -0.39 is 0 Å². The largest absolute Gasteiger partial charge is 0.356 e. The molecule has 6 heteroatoms. The zero-order valence-corrected chi connectivity index (χ0v) is 18.3. The molecule has 2 aromatic carbocycles. The lowest BCUT2D eigenvalue weighted by atomic mass is 10.0. The van der Waals surface area contributed by atoms with Crippen LogP contribution in [0.3, 0.4) is 0 Å². The van der Waals surface area contributed by atoms with Gasteiger partial charge in [-0.25, -0.2) is 4.39 Å². The number of likely N-dealkylation sites (N-methyl/N-ethyl adjacent to an activating group) is 1. The Morgan fingerprint density at radius 3 is 2.39 bits per heavy atom. The van der Waals surface area contributed by atoms with Gasteiger partial charge >= 0.3 is 0 Å². The predicted octanol–water partition coefficient (Wildman–Crippen LogP) is 4.78. The fourth-order valence-electron chi connectivity index (χ4n) is 3.57. The molecule has 0 saturated carbocycles. The third kappa shape index (κ3) is 6.49. The van der Waals surface area contributed by atoms with Gasteiger partial charge in [-0.2, -0.15) is 0 Å². The van der Waals surface area contributed by atoms with Crippen LogP contribution in [0.5, 0.6) is 0 Å². The molecule has 0 atom stereocenters. The van der Waals surface area contributed by atoms with Crippen LogP contribution in [0, 0.1) is 5.82 Å². The van der Waals surface area contributed by atoms with Crippen molar-refractivity contribution in [1.29, 1.82) is 0 Å². The van der Waals surface area contributed by atoms with Crippen LogP contribution >= 0.6 is 0 Å². The first-order chi connectivity index (χ1) is 15.1. The number of aromatic nitrogens is 1. The number of hydrogen-bond acceptors (Lipinski definition) is 4. The summed E-state index contributed by atoms with van der Waals surface area (Å²) in [6, 6.07) is 16.2. The van der Waals surface area contributed by atoms with Crippen molar-refractivity contribution in [3.63, 3.8) is 0 Å². The summed E-state index contributed by atoms with van der Waals surface area (Å²) in [6.45, 7) is 8.32. The summed E-state index contributed by atoms with van der Waals surface area (Å²) >= 11 is 0. The van der Waals surface area contributed by atoms with Crippen LogP contribution in [-0.2, 0) is 17.8 Å². The number of carbonyl (C=O) groups excluding carboxylic acids is 1. The maximum Gasteiger partial charge on any atom is 0.223 e. The van der Waals surface area contributed by atoms with E-state index in [0.717, 1.165) is 36.3 Å². The van der Waals surface area contributed by atoms with E-state index in [-0.39, 0.29) is 11.7 Å². The topological polar surface area (TPSA) is 49.6 Å². The van der Waals surface area contributed by atoms with Crippen LogP contribution in [0.1, 0.15) is 31.4 Å². The van der Waals surface area contributed by atoms with E-state index in [4.69, 9.17) is 4.52 Å². The minimum absolute atomic E-state index is 0.0993. The standard InChI is InChI=1S/C25H30FN3O2/c1-3-28(4-2)16-17-29(19-20-8-6-5-7-9-20)24(30)15-12-22-18-27-31-25(22)21-10-13-23(26)14-11-21/h5-11,13-14,18H,3-4,12,15-17,19H2,1-2H3. The molecule has 5 nitrogen and oxygen atoms in total. The molecule has 0 unspecified atom stereocenters. The third-order valence-electron chi connectivity index (χ3n) is 5.51. The van der Waals surface area contributed by atoms with Crippen molar-refractivity contribution in [2.75, 3.05) is 26.2 Å². The molecule has 0 aliphatic carbocycles. The molecular formula is C25H30FN3O2. The van der Waals surface area contributed by atoms with Crippen LogP contribution in [0.4, 0.5) is 4.39 Å². The Kier molecular flexibility index (Phi) is 8.35. The minimum atomic E-state index is -0.301. The second kappa shape index (κ2) is 11.4. The Morgan fingerprint density at radius 1 is 1.00 bits per heavy atom. The third-order valence-corrected chi connectivity index (χ3v) is 5.51. The Labute approximate surface area is 183 Å². The highest BCUT2D eigenvalue weighted by atomic mass is 19.1. The van der Waals surface area contributed by atoms with Crippen LogP contribution in [0.25, 0.3) is 11.3 Å². The van der Waals surface area contributed by atoms with Gasteiger partial charge in [0, 0.05) is 37.2 Å². The van der Waals surface area contributed by atoms with Gasteiger partial charge in [0.2, 0.25) is 5.91 Å². The highest BCUT2D eigenvalue weighted by Gasteiger charge is 2.18. The quantitative estimate of drug-likeness (QED) is 0.445. The second-order valence-corrected chi connectivity index (χ2v) is 7.51. The number of rotatable bonds is 11. The van der Waals surface area contributed by atoms with E-state index in [1.54, 1.807) is 18.3 Å². The summed E-state index contributed by atoms with van der Waals surface area (Å²) in [4.78, 5) is 17.4. The van der Waals surface area contributed by atoms with E-state index >= 15 is 0 Å². The summed E-state index contributed by atoms with van der Waals surface area (Å²) in [5.41, 5.74) is 2.72. The first kappa shape index (κ1) is 22.7. The molecule has 0 N–H and O–H groups in total. The Morgan fingerprint density at radius 2 is 1.71 bits per heavy atom. The van der Waals surface area contributed by atoms with E-state index in [1.165, 1.54) is 12.1 Å². The van der Waals surface area contributed by atoms with Crippen LogP contribution in [0.2, 0.25) is 0 Å². The van der Waals surface area contributed by atoms with Gasteiger partial charge in [0.05, 0.1) is 6.20 Å². The summed E-state index contributed by atoms with van der Waals surface area (Å²) < 4.78 is 18.6. The number of amides is 1. The van der Waals surface area contributed by atoms with Crippen molar-refractivity contribution >= 4 is 5.91 Å². The molecular weight excluding hydrogens is 393 g/mol. The number of halogens is 1. The number of hydrogen-bond donors (Lipinski definition) is 0. The van der Waals surface area contributed by atoms with Crippen molar-refractivity contribution in [3.8, 4) is 11.3 Å². The molecule has 0 aliphatic rings. The molecule has 0 saturated heterocycles. The van der Waals surface area contributed by atoms with Gasteiger partial charge in [-0.15, -0.1) is 0 Å². The van der Waals surface area contributed by atoms with Gasteiger partial charge in [-0.05, 0) is 49.3 Å². The van der Waals surface area contributed by atoms with Crippen LogP contribution in [-0.4, -0.2) is 47.0 Å². The highest BCUT2D eigenvalue weighted by molar-refractivity contribution is 5.77. The molecule has 164 valence electrons. The molecule has 0 radical (unpaired) electrons. The smallest absolute Gasteiger partial charge is 0.223 e. The van der Waals surface area contributed by atoms with Gasteiger partial charge in [0.1, 0.15) is 5.82 Å². The van der Waals surface area contributed by atoms with Crippen molar-refractivity contribution in [1.82, 2.24) is 15.0 Å². The van der Waals surface area contributed by atoms with Crippen molar-refractivity contribution in [2.45, 2.75) is 33.2 Å². The lowest BCUT2D eigenvalue weighted by Gasteiger charge is -2.27. The number of carbonyl (C=O) groups is 1. The van der Waals surface area contributed by atoms with Crippen molar-refractivity contribution < 1.29 is 13.7 Å². The zero-order chi connectivity index (χ0) is 22.1. The van der Waals surface area contributed by atoms with E-state index in [2.05, 4.69) is 23.9 Å². The molecule has 0 spiro atoms. The number of aryl methyl sites for hydroxylation is 1. The van der Waals surface area contributed by atoms with Gasteiger partial charge in [-0.3, -0.25) is 4.79 Å². The first-order valence-corrected chi connectivity index (χ1v) is 10.8. The first-order valence-electron chi connectivity index (χ1n) is 10.8. The van der Waals surface area contributed by atoms with Crippen LogP contribution in [0.15, 0.2) is 65.3 Å². The van der Waals surface area contributed by atoms with Crippen LogP contribution < -0.4 is 0 Å². The maximum atomic E-state index is 13.2. The summed E-state index contributed by atoms with van der Waals surface area (Å²) in [6.07, 6.45) is 2.52. The normalized spacial score (nSPS) is 11.1. The fraction of sp³-hybridized carbons (Fsp3) is 0.360. The SMILES string of the molecule is CCN(CC)CCN(Cc1ccccc1)C(=O)CCc1cnoc1-c1ccc(F)cc1. The molecule has 3 aromatic rings. The molecule has 0 aliphatic heterocycles. The lowest BCUT2D eigenvalue weighted by Crippen LogP contribution is -2.38. The number of benzene rings is 2. The molecule has 3 rings (SSSR count). The molecule has 0 fully saturated rings. The molecule has 1 aromatic heterocycles. The maximum absolute atomic E-state index is 13.2. The van der Waals surface area contributed by atoms with Gasteiger partial charge in [0.15, 0.2) is 5.76 Å². The lowest BCUT2D eigenvalue weighted by molar-refractivity contribution is -0.132. The highest BCUT2D eigenvalue weighted by Crippen LogP contribution is 2.25. The van der Waals surface area contributed by atoms with E-state index in [1.807, 2.05) is 35.2 Å². The average molecular weight is 424 g/mol. The monoisotopic (exact) mass is 423 g/mol. The predicted molar refractivity (Wildman–Crippen MR) is 120 cm³/mol. The second-order valence-electron chi connectivity index (χ2n) is 7.51. The average Bonchev–Trinajstić information content (AvgIpc) is 3.27. The number of nitrogens with zero attached hydrogens (tertiary/aromatic N) is 3. The van der Waals surface area contributed by atoms with E-state index in [0.29, 0.717) is 31.7 Å². The minimum Gasteiger partial charge on any atom is -0.356 e. The Balaban J connectivity index is 1.67. The van der Waals surface area contributed by atoms with Crippen molar-refractivity contribution in [2.24, 2.45) is 0 Å².